The molecular formula is C31H11CmF3N7-. The second kappa shape index (κ2) is 8.54. The molecule has 0 aliphatic heterocycles. The van der Waals surface area contributed by atoms with Crippen molar-refractivity contribution >= 4 is 33.2 Å². The first-order valence-corrected chi connectivity index (χ1v) is 12.2. The third kappa shape index (κ3) is 3.40. The van der Waals surface area contributed by atoms with Gasteiger partial charge in [-0.1, -0.05) is 53.6 Å². The Bertz CT molecular complexity index is 2230. The van der Waals surface area contributed by atoms with Gasteiger partial charge in [0.25, 0.3) is 0 Å². The average Bonchev–Trinajstić information content (AvgIpc) is 3.41. The van der Waals surface area contributed by atoms with Crippen molar-refractivity contribution in [2.45, 2.75) is 13.1 Å². The van der Waals surface area contributed by atoms with Crippen LogP contribution < -0.4 is 0 Å². The normalized spacial score (nSPS) is 13.5. The van der Waals surface area contributed by atoms with Crippen LogP contribution in [-0.2, 0) is 6.18 Å². The van der Waals surface area contributed by atoms with E-state index >= 15 is 0 Å². The first kappa shape index (κ1) is 25.4. The summed E-state index contributed by atoms with van der Waals surface area (Å²) in [5, 5.41) is 28.7. The maximum Gasteiger partial charge on any atom is 0.415 e. The number of aryl methyl sites for hydroxylation is 1. The Kier molecular flexibility index (Phi) is 5.16. The van der Waals surface area contributed by atoms with E-state index in [1.54, 1.807) is 18.2 Å². The number of halogens is 3. The first-order valence-electron chi connectivity index (χ1n) is 12.2. The van der Waals surface area contributed by atoms with Crippen LogP contribution in [0.25, 0.3) is 55.7 Å². The summed E-state index contributed by atoms with van der Waals surface area (Å²) in [6.07, 6.45) is -2.09. The van der Waals surface area contributed by atoms with Crippen LogP contribution in [0.3, 0.4) is 0 Å². The zero-order chi connectivity index (χ0) is 28.6. The maximum atomic E-state index is 13.4. The fraction of sp³-hybridized carbons (Fsp3) is 0.0645. The van der Waals surface area contributed by atoms with Crippen molar-refractivity contribution < 1.29 is 13.2 Å². The Morgan fingerprint density at radius 2 is 1.24 bits per heavy atom. The molecule has 0 saturated heterocycles. The van der Waals surface area contributed by atoms with Crippen LogP contribution in [0.1, 0.15) is 33.6 Å². The van der Waals surface area contributed by atoms with Gasteiger partial charge in [0, 0.05) is 28.5 Å². The smallest absolute Gasteiger partial charge is 0.308 e. The molecule has 0 saturated carbocycles. The summed E-state index contributed by atoms with van der Waals surface area (Å²) in [5.41, 5.74) is 5.80. The molecule has 200 valence electrons. The predicted octanol–water partition coefficient (Wildman–Crippen LogP) is 6.47. The summed E-state index contributed by atoms with van der Waals surface area (Å²) in [5.74, 6) is 0. The molecule has 0 atom stereocenters. The van der Waals surface area contributed by atoms with Gasteiger partial charge in [-0.15, -0.1) is 11.1 Å². The van der Waals surface area contributed by atoms with Gasteiger partial charge in [-0.3, -0.25) is 4.98 Å². The van der Waals surface area contributed by atoms with E-state index in [1.165, 1.54) is 6.07 Å². The molecule has 0 spiro atoms. The number of benzene rings is 3. The number of rotatable bonds is 0. The molecule has 0 N–H and O–H groups in total. The van der Waals surface area contributed by atoms with E-state index in [2.05, 4.69) is 11.1 Å². The summed E-state index contributed by atoms with van der Waals surface area (Å²) >= 11 is 0. The monoisotopic (exact) mass is 781 g/mol. The molecule has 7 nitrogen and oxygen atoms in total. The number of aromatic nitrogens is 4. The van der Waals surface area contributed by atoms with Gasteiger partial charge in [0.15, 0.2) is 0 Å². The molecule has 42 heavy (non-hydrogen) atoms. The molecule has 11 heteroatoms. The predicted molar refractivity (Wildman–Crippen MR) is 142 cm³/mol. The molecule has 5 aromatic rings. The van der Waals surface area contributed by atoms with Crippen molar-refractivity contribution in [3.8, 4) is 40.7 Å². The quantitative estimate of drug-likeness (QED) is 0.0982. The van der Waals surface area contributed by atoms with Gasteiger partial charge in [0.05, 0.1) is 33.5 Å². The zero-order valence-electron chi connectivity index (χ0n) is 21.2. The summed E-state index contributed by atoms with van der Waals surface area (Å²) in [6, 6.07) is 18.0. The summed E-state index contributed by atoms with van der Waals surface area (Å²) < 4.78 is 40.3. The van der Waals surface area contributed by atoms with E-state index in [-0.39, 0.29) is 22.4 Å². The van der Waals surface area contributed by atoms with Crippen molar-refractivity contribution in [1.29, 1.82) is 15.8 Å². The Hall–Kier alpha value is -6.92. The second-order valence-corrected chi connectivity index (χ2v) is 9.56. The van der Waals surface area contributed by atoms with Crippen molar-refractivity contribution in [2.75, 3.05) is 0 Å². The Balaban J connectivity index is 0.00000316. The van der Waals surface area contributed by atoms with Gasteiger partial charge in [0.2, 0.25) is 0 Å². The van der Waals surface area contributed by atoms with E-state index in [0.717, 1.165) is 23.3 Å². The summed E-state index contributed by atoms with van der Waals surface area (Å²) in [4.78, 5) is 19.0. The second-order valence-electron chi connectivity index (χ2n) is 9.56. The van der Waals surface area contributed by atoms with Crippen molar-refractivity contribution in [1.82, 2.24) is 19.9 Å². The molecular weight excluding hydrogens is 774 g/mol. The van der Waals surface area contributed by atoms with Crippen molar-refractivity contribution in [2.24, 2.45) is 0 Å². The molecule has 7 rings (SSSR count). The molecule has 2 aromatic heterocycles. The fourth-order valence-electron chi connectivity index (χ4n) is 5.36. The van der Waals surface area contributed by atoms with Gasteiger partial charge >= 0.3 is 6.18 Å². The first-order chi connectivity index (χ1) is 19.7. The summed E-state index contributed by atoms with van der Waals surface area (Å²) in [6.45, 7) is 1.91. The topological polar surface area (TPSA) is 123 Å². The van der Waals surface area contributed by atoms with Gasteiger partial charge in [-0.05, 0) is 30.3 Å². The summed E-state index contributed by atoms with van der Waals surface area (Å²) in [7, 11) is 0. The number of allylic oxidation sites excluding steroid dienone is 2. The minimum atomic E-state index is -4.57. The van der Waals surface area contributed by atoms with Crippen molar-refractivity contribution in [3.63, 3.8) is 0 Å². The van der Waals surface area contributed by atoms with Gasteiger partial charge in [0.1, 0.15) is 17.7 Å². The standard InChI is InChI=1S/C31H11F3N7.Cm/c1-14-2-4-18-21(8-14)26(15(12-36)13-37)30-29(18)40-24-10-22-23(11-25(24)41-30)39-28-19(6-7-35)20-9-16(31(32,33)34)3-5-17(20)27(28)38-22;/h2-5,8-11H,1H3;/q-1;. The van der Waals surface area contributed by atoms with Gasteiger partial charge < -0.3 is 4.98 Å². The number of alkyl halides is 3. The Morgan fingerprint density at radius 1 is 0.690 bits per heavy atom. The van der Waals surface area contributed by atoms with Crippen molar-refractivity contribution in [3.05, 3.63) is 93.8 Å². The SMILES string of the molecule is Cc1ccc2c(c1)C(=C(C#N)C#N)c1nc3cc4nc5c(nc4cc3nc1-2)-c1ccc(C(F)(F)F)cc1C5=[C-]C#N.[Cm]. The van der Waals surface area contributed by atoms with Crippen LogP contribution in [0.15, 0.2) is 54.1 Å². The Morgan fingerprint density at radius 3 is 1.83 bits per heavy atom. The average molecular weight is 785 g/mol. The maximum absolute atomic E-state index is 13.4. The molecule has 2 aliphatic rings. The van der Waals surface area contributed by atoms with Crippen LogP contribution in [-0.4, -0.2) is 19.9 Å². The number of hydrogen-bond acceptors (Lipinski definition) is 7. The third-order valence-electron chi connectivity index (χ3n) is 7.15. The largest absolute Gasteiger partial charge is 0.415 e. The molecule has 0 radical (unpaired) electrons. The minimum Gasteiger partial charge on any atom is -0.308 e. The molecule has 2 aliphatic carbocycles. The van der Waals surface area contributed by atoms with Crippen LogP contribution in [0.4, 0.5) is 13.2 Å². The molecule has 0 bridgehead atoms. The van der Waals surface area contributed by atoms with E-state index in [4.69, 9.17) is 15.0 Å². The zero-order valence-corrected chi connectivity index (χ0v) is 24.2. The molecule has 0 fully saturated rings. The van der Waals surface area contributed by atoms with Crippen LogP contribution in [0.5, 0.6) is 0 Å². The van der Waals surface area contributed by atoms with Gasteiger partial charge in [-0.25, -0.2) is 15.2 Å². The number of fused-ring (bicyclic) bond motifs is 8. The number of hydrogen-bond donors (Lipinski definition) is 0. The third-order valence-corrected chi connectivity index (χ3v) is 7.15. The minimum absolute atomic E-state index is 0. The number of nitriles is 3. The van der Waals surface area contributed by atoms with E-state index in [1.807, 2.05) is 37.3 Å². The van der Waals surface area contributed by atoms with Gasteiger partial charge in [-0.2, -0.15) is 23.7 Å². The van der Waals surface area contributed by atoms with E-state index in [9.17, 15) is 29.0 Å². The van der Waals surface area contributed by atoms with E-state index in [0.29, 0.717) is 55.8 Å². The number of nitrogens with zero attached hydrogens (tertiary/aromatic N) is 7. The van der Waals surface area contributed by atoms with Crippen LogP contribution in [0, 0.1) is 47.0 Å². The van der Waals surface area contributed by atoms with Crippen LogP contribution >= 0.6 is 0 Å². The molecule has 0 amide bonds. The molecule has 0 unspecified atom stereocenters. The fourth-order valence-corrected chi connectivity index (χ4v) is 5.36. The molecule has 3 aromatic carbocycles. The van der Waals surface area contributed by atoms with E-state index < -0.39 is 11.7 Å². The molecule has 2 heterocycles. The van der Waals surface area contributed by atoms with Crippen LogP contribution in [0.2, 0.25) is 0 Å². The Labute approximate surface area is 229 Å².